The number of hydrogen-bond acceptors (Lipinski definition) is 6. The van der Waals surface area contributed by atoms with Crippen molar-refractivity contribution in [2.24, 2.45) is 0 Å². The Bertz CT molecular complexity index is 569. The van der Waals surface area contributed by atoms with E-state index in [0.717, 1.165) is 11.5 Å². The monoisotopic (exact) mass is 320 g/mol. The van der Waals surface area contributed by atoms with Gasteiger partial charge in [0, 0.05) is 38.8 Å². The summed E-state index contributed by atoms with van der Waals surface area (Å²) in [6, 6.07) is 2.52. The van der Waals surface area contributed by atoms with Gasteiger partial charge in [0.1, 0.15) is 5.82 Å². The number of nitrogen functional groups attached to an aromatic ring is 1. The molecule has 1 saturated heterocycles. The Balaban J connectivity index is 1.59. The van der Waals surface area contributed by atoms with Gasteiger partial charge in [-0.15, -0.1) is 0 Å². The topological polar surface area (TPSA) is 108 Å². The third-order valence-electron chi connectivity index (χ3n) is 4.75. The number of nitrogens with one attached hydrogen (secondary N) is 1. The summed E-state index contributed by atoms with van der Waals surface area (Å²) in [5, 5.41) is 12.5. The lowest BCUT2D eigenvalue weighted by Crippen LogP contribution is -2.60. The molecule has 8 nitrogen and oxygen atoms in total. The predicted molar refractivity (Wildman–Crippen MR) is 87.3 cm³/mol. The van der Waals surface area contributed by atoms with E-state index in [1.54, 1.807) is 7.05 Å². The van der Waals surface area contributed by atoms with Crippen molar-refractivity contribution in [3.8, 4) is 0 Å². The Labute approximate surface area is 135 Å². The van der Waals surface area contributed by atoms with Crippen LogP contribution in [0.15, 0.2) is 6.07 Å². The molecule has 1 aromatic rings. The van der Waals surface area contributed by atoms with E-state index in [1.165, 1.54) is 30.6 Å². The maximum Gasteiger partial charge on any atom is 0.407 e. The fraction of sp³-hybridized carbons (Fsp3) is 0.667. The molecule has 0 radical (unpaired) electrons. The molecule has 0 atom stereocenters. The van der Waals surface area contributed by atoms with Crippen LogP contribution in [0, 0.1) is 0 Å². The normalized spacial score (nSPS) is 18.9. The number of nitrogens with two attached hydrogens (primary N) is 1. The van der Waals surface area contributed by atoms with E-state index < -0.39 is 6.09 Å². The third kappa shape index (κ3) is 3.64. The molecule has 2 aliphatic rings. The second-order valence-electron chi connectivity index (χ2n) is 6.39. The van der Waals surface area contributed by atoms with E-state index in [0.29, 0.717) is 25.7 Å². The van der Waals surface area contributed by atoms with Crippen LogP contribution in [0.1, 0.15) is 31.4 Å². The first-order valence-corrected chi connectivity index (χ1v) is 8.10. The van der Waals surface area contributed by atoms with E-state index in [1.807, 2.05) is 11.0 Å². The minimum absolute atomic E-state index is 0.00348. The van der Waals surface area contributed by atoms with Gasteiger partial charge in [-0.2, -0.15) is 4.98 Å². The largest absolute Gasteiger partial charge is 0.465 e. The molecule has 23 heavy (non-hydrogen) atoms. The zero-order valence-corrected chi connectivity index (χ0v) is 13.4. The molecule has 126 valence electrons. The molecule has 0 bridgehead atoms. The van der Waals surface area contributed by atoms with Crippen molar-refractivity contribution in [2.45, 2.75) is 44.3 Å². The maximum atomic E-state index is 10.9. The van der Waals surface area contributed by atoms with Crippen molar-refractivity contribution < 1.29 is 9.90 Å². The van der Waals surface area contributed by atoms with Gasteiger partial charge in [0.05, 0.1) is 11.7 Å². The molecule has 1 amide bonds. The summed E-state index contributed by atoms with van der Waals surface area (Å²) >= 11 is 0. The predicted octanol–water partition coefficient (Wildman–Crippen LogP) is 0.889. The summed E-state index contributed by atoms with van der Waals surface area (Å²) in [4.78, 5) is 22.9. The number of hydrogen-bond donors (Lipinski definition) is 3. The number of carboxylic acid groups (broad SMARTS) is 1. The summed E-state index contributed by atoms with van der Waals surface area (Å²) in [6.45, 7) is 1.96. The Kier molecular flexibility index (Phi) is 4.51. The van der Waals surface area contributed by atoms with Crippen molar-refractivity contribution in [2.75, 3.05) is 30.8 Å². The van der Waals surface area contributed by atoms with Gasteiger partial charge in [-0.25, -0.2) is 9.78 Å². The molecule has 0 unspecified atom stereocenters. The van der Waals surface area contributed by atoms with Gasteiger partial charge >= 0.3 is 6.09 Å². The number of aromatic nitrogens is 2. The number of anilines is 2. The van der Waals surface area contributed by atoms with Crippen LogP contribution in [-0.2, 0) is 6.54 Å². The number of amides is 1. The van der Waals surface area contributed by atoms with E-state index in [2.05, 4.69) is 15.3 Å². The fourth-order valence-electron chi connectivity index (χ4n) is 3.18. The smallest absolute Gasteiger partial charge is 0.407 e. The molecule has 2 fully saturated rings. The minimum atomic E-state index is -0.904. The molecule has 1 aliphatic heterocycles. The summed E-state index contributed by atoms with van der Waals surface area (Å²) in [6.07, 6.45) is 4.13. The molecule has 2 heterocycles. The second kappa shape index (κ2) is 6.57. The molecular weight excluding hydrogens is 296 g/mol. The first kappa shape index (κ1) is 15.8. The zero-order valence-electron chi connectivity index (χ0n) is 13.4. The average Bonchev–Trinajstić information content (AvgIpc) is 2.96. The van der Waals surface area contributed by atoms with E-state index in [9.17, 15) is 4.79 Å². The van der Waals surface area contributed by atoms with Gasteiger partial charge in [0.15, 0.2) is 0 Å². The Hall–Kier alpha value is -2.09. The standard InChI is InChI=1S/C15H24N6O2/c1-20(15(22)23)12-8-21(9-12)13-6-11(18-14(16)19-13)7-17-10-4-2-3-5-10/h6,10,12,17H,2-5,7-9H2,1H3,(H,22,23)(H2,16,18,19). The van der Waals surface area contributed by atoms with Crippen molar-refractivity contribution in [1.29, 1.82) is 0 Å². The van der Waals surface area contributed by atoms with E-state index in [-0.39, 0.29) is 12.0 Å². The zero-order chi connectivity index (χ0) is 16.4. The Morgan fingerprint density at radius 1 is 1.43 bits per heavy atom. The summed E-state index contributed by atoms with van der Waals surface area (Å²) in [5.74, 6) is 1.04. The van der Waals surface area contributed by atoms with Crippen LogP contribution in [0.25, 0.3) is 0 Å². The number of carbonyl (C=O) groups is 1. The van der Waals surface area contributed by atoms with Gasteiger partial charge in [0.2, 0.25) is 5.95 Å². The summed E-state index contributed by atoms with van der Waals surface area (Å²) < 4.78 is 0. The first-order chi connectivity index (χ1) is 11.0. The highest BCUT2D eigenvalue weighted by atomic mass is 16.4. The SMILES string of the molecule is CN(C(=O)O)C1CN(c2cc(CNC3CCCC3)nc(N)n2)C1. The Morgan fingerprint density at radius 3 is 2.78 bits per heavy atom. The molecule has 8 heteroatoms. The van der Waals surface area contributed by atoms with Crippen LogP contribution in [0.2, 0.25) is 0 Å². The van der Waals surface area contributed by atoms with Crippen molar-refractivity contribution >= 4 is 17.9 Å². The lowest BCUT2D eigenvalue weighted by Gasteiger charge is -2.43. The molecule has 3 rings (SSSR count). The van der Waals surface area contributed by atoms with Crippen molar-refractivity contribution in [1.82, 2.24) is 20.2 Å². The molecule has 0 spiro atoms. The highest BCUT2D eigenvalue weighted by molar-refractivity contribution is 5.66. The van der Waals surface area contributed by atoms with Crippen LogP contribution < -0.4 is 16.0 Å². The van der Waals surface area contributed by atoms with Crippen molar-refractivity contribution in [3.63, 3.8) is 0 Å². The maximum absolute atomic E-state index is 10.9. The molecular formula is C15H24N6O2. The fourth-order valence-corrected chi connectivity index (χ4v) is 3.18. The van der Waals surface area contributed by atoms with Crippen LogP contribution in [-0.4, -0.2) is 58.3 Å². The molecule has 1 aromatic heterocycles. The first-order valence-electron chi connectivity index (χ1n) is 8.10. The van der Waals surface area contributed by atoms with Gasteiger partial charge in [0.25, 0.3) is 0 Å². The van der Waals surface area contributed by atoms with Crippen LogP contribution in [0.3, 0.4) is 0 Å². The minimum Gasteiger partial charge on any atom is -0.465 e. The van der Waals surface area contributed by atoms with Crippen LogP contribution >= 0.6 is 0 Å². The summed E-state index contributed by atoms with van der Waals surface area (Å²) in [7, 11) is 1.59. The van der Waals surface area contributed by atoms with Crippen molar-refractivity contribution in [3.05, 3.63) is 11.8 Å². The van der Waals surface area contributed by atoms with Gasteiger partial charge in [-0.3, -0.25) is 0 Å². The van der Waals surface area contributed by atoms with Gasteiger partial charge in [-0.05, 0) is 12.8 Å². The van der Waals surface area contributed by atoms with Gasteiger partial charge in [-0.1, -0.05) is 12.8 Å². The third-order valence-corrected chi connectivity index (χ3v) is 4.75. The molecule has 4 N–H and O–H groups in total. The highest BCUT2D eigenvalue weighted by Crippen LogP contribution is 2.23. The molecule has 0 aromatic carbocycles. The van der Waals surface area contributed by atoms with Crippen LogP contribution in [0.5, 0.6) is 0 Å². The quantitative estimate of drug-likeness (QED) is 0.739. The second-order valence-corrected chi connectivity index (χ2v) is 6.39. The number of nitrogens with zero attached hydrogens (tertiary/aromatic N) is 4. The molecule has 1 saturated carbocycles. The Morgan fingerprint density at radius 2 is 2.13 bits per heavy atom. The highest BCUT2D eigenvalue weighted by Gasteiger charge is 2.33. The summed E-state index contributed by atoms with van der Waals surface area (Å²) in [5.41, 5.74) is 6.70. The number of rotatable bonds is 5. The van der Waals surface area contributed by atoms with Gasteiger partial charge < -0.3 is 26.0 Å². The van der Waals surface area contributed by atoms with Crippen LogP contribution in [0.4, 0.5) is 16.6 Å². The van der Waals surface area contributed by atoms with E-state index >= 15 is 0 Å². The lowest BCUT2D eigenvalue weighted by atomic mass is 10.1. The lowest BCUT2D eigenvalue weighted by molar-refractivity contribution is 0.129. The number of likely N-dealkylation sites (N-methyl/N-ethyl adjacent to an activating group) is 1. The molecule has 1 aliphatic carbocycles. The van der Waals surface area contributed by atoms with E-state index in [4.69, 9.17) is 10.8 Å². The average molecular weight is 320 g/mol.